The quantitative estimate of drug-likeness (QED) is 0.371. The molecule has 1 unspecified atom stereocenters. The molecule has 0 amide bonds. The predicted octanol–water partition coefficient (Wildman–Crippen LogP) is 3.73. The highest BCUT2D eigenvalue weighted by Gasteiger charge is 2.29. The number of piperazine rings is 1. The van der Waals surface area contributed by atoms with Crippen molar-refractivity contribution in [3.05, 3.63) is 108 Å². The fourth-order valence-electron chi connectivity index (χ4n) is 5.07. The zero-order chi connectivity index (χ0) is 25.0. The van der Waals surface area contributed by atoms with Gasteiger partial charge < -0.3 is 4.90 Å². The van der Waals surface area contributed by atoms with Gasteiger partial charge in [0.25, 0.3) is 0 Å². The first-order valence-electron chi connectivity index (χ1n) is 12.5. The van der Waals surface area contributed by atoms with Gasteiger partial charge in [-0.1, -0.05) is 54.6 Å². The number of hydrogen-bond donors (Lipinski definition) is 1. The molecule has 1 fully saturated rings. The number of nitrogens with zero attached hydrogens (tertiary/aromatic N) is 8. The van der Waals surface area contributed by atoms with Crippen molar-refractivity contribution >= 4 is 5.82 Å². The molecule has 1 aliphatic rings. The first-order chi connectivity index (χ1) is 18.3. The average molecular weight is 492 g/mol. The van der Waals surface area contributed by atoms with Gasteiger partial charge >= 0.3 is 0 Å². The van der Waals surface area contributed by atoms with Gasteiger partial charge in [0.1, 0.15) is 5.69 Å². The zero-order valence-corrected chi connectivity index (χ0v) is 20.8. The van der Waals surface area contributed by atoms with Crippen LogP contribution in [-0.4, -0.2) is 66.2 Å². The summed E-state index contributed by atoms with van der Waals surface area (Å²) in [5.74, 6) is 0.930. The van der Waals surface area contributed by atoms with Crippen molar-refractivity contribution in [3.8, 4) is 11.3 Å². The van der Waals surface area contributed by atoms with Gasteiger partial charge in [0.2, 0.25) is 0 Å². The molecule has 0 aliphatic carbocycles. The minimum absolute atomic E-state index is 0.167. The Hall–Kier alpha value is -4.37. The van der Waals surface area contributed by atoms with Crippen LogP contribution in [0.4, 0.5) is 5.82 Å². The van der Waals surface area contributed by atoms with E-state index in [0.717, 1.165) is 54.5 Å². The number of aromatic nitrogens is 7. The summed E-state index contributed by atoms with van der Waals surface area (Å²) in [5.41, 5.74) is 6.72. The number of hydrogen-bond acceptors (Lipinski definition) is 7. The number of H-pyrrole nitrogens is 1. The number of aryl methyl sites for hydroxylation is 1. The van der Waals surface area contributed by atoms with Crippen LogP contribution in [0.5, 0.6) is 0 Å². The van der Waals surface area contributed by atoms with E-state index in [-0.39, 0.29) is 6.04 Å². The second-order valence-corrected chi connectivity index (χ2v) is 9.27. The number of benzene rings is 2. The lowest BCUT2D eigenvalue weighted by Gasteiger charge is -2.40. The zero-order valence-electron chi connectivity index (χ0n) is 20.8. The van der Waals surface area contributed by atoms with Gasteiger partial charge in [-0.25, -0.2) is 4.98 Å². The molecule has 0 bridgehead atoms. The molecule has 1 atom stereocenters. The smallest absolute Gasteiger partial charge is 0.155 e. The van der Waals surface area contributed by atoms with Crippen LogP contribution in [-0.2, 0) is 6.54 Å². The number of nitrogens with one attached hydrogen (secondary N) is 1. The van der Waals surface area contributed by atoms with E-state index in [1.807, 2.05) is 6.20 Å². The molecule has 5 aromatic rings. The molecule has 9 nitrogen and oxygen atoms in total. The van der Waals surface area contributed by atoms with Gasteiger partial charge in [-0.05, 0) is 18.1 Å². The molecule has 0 spiro atoms. The molecule has 4 heterocycles. The van der Waals surface area contributed by atoms with Gasteiger partial charge in [-0.3, -0.25) is 15.0 Å². The molecule has 9 heteroatoms. The number of rotatable bonds is 7. The molecular weight excluding hydrogens is 462 g/mol. The summed E-state index contributed by atoms with van der Waals surface area (Å²) in [6, 6.07) is 19.3. The Morgan fingerprint density at radius 3 is 2.27 bits per heavy atom. The highest BCUT2D eigenvalue weighted by atomic mass is 15.5. The van der Waals surface area contributed by atoms with E-state index >= 15 is 0 Å². The third-order valence-corrected chi connectivity index (χ3v) is 6.95. The maximum Gasteiger partial charge on any atom is 0.155 e. The highest BCUT2D eigenvalue weighted by molar-refractivity contribution is 5.72. The molecule has 0 saturated carbocycles. The molecule has 6 rings (SSSR count). The lowest BCUT2D eigenvalue weighted by molar-refractivity contribution is 0.211. The van der Waals surface area contributed by atoms with Crippen molar-refractivity contribution in [1.82, 2.24) is 40.1 Å². The summed E-state index contributed by atoms with van der Waals surface area (Å²) in [4.78, 5) is 16.1. The van der Waals surface area contributed by atoms with Crippen LogP contribution in [0.1, 0.15) is 28.4 Å². The highest BCUT2D eigenvalue weighted by Crippen LogP contribution is 2.33. The topological polar surface area (TPSA) is 91.7 Å². The Morgan fingerprint density at radius 1 is 0.838 bits per heavy atom. The molecule has 0 radical (unpaired) electrons. The third kappa shape index (κ3) is 4.85. The maximum absolute atomic E-state index is 4.76. The van der Waals surface area contributed by atoms with Crippen LogP contribution in [0.25, 0.3) is 11.3 Å². The molecule has 3 aromatic heterocycles. The Morgan fingerprint density at radius 2 is 1.57 bits per heavy atom. The van der Waals surface area contributed by atoms with Crippen LogP contribution < -0.4 is 4.90 Å². The van der Waals surface area contributed by atoms with E-state index in [1.165, 1.54) is 11.1 Å². The number of anilines is 1. The van der Waals surface area contributed by atoms with Gasteiger partial charge in [-0.2, -0.15) is 20.1 Å². The largest absolute Gasteiger partial charge is 0.352 e. The summed E-state index contributed by atoms with van der Waals surface area (Å²) in [6.07, 6.45) is 8.90. The summed E-state index contributed by atoms with van der Waals surface area (Å²) in [5, 5.41) is 15.8. The van der Waals surface area contributed by atoms with E-state index in [2.05, 4.69) is 91.7 Å². The molecule has 186 valence electrons. The first-order valence-corrected chi connectivity index (χ1v) is 12.5. The molecule has 1 N–H and O–H groups in total. The summed E-state index contributed by atoms with van der Waals surface area (Å²) in [7, 11) is 0. The van der Waals surface area contributed by atoms with Gasteiger partial charge in [0.15, 0.2) is 5.82 Å². The Labute approximate surface area is 215 Å². The monoisotopic (exact) mass is 491 g/mol. The molecule has 1 aliphatic heterocycles. The summed E-state index contributed by atoms with van der Waals surface area (Å²) < 4.78 is 0. The van der Waals surface area contributed by atoms with E-state index in [1.54, 1.807) is 29.6 Å². The first kappa shape index (κ1) is 23.1. The fourth-order valence-corrected chi connectivity index (χ4v) is 5.07. The van der Waals surface area contributed by atoms with Crippen LogP contribution in [0.2, 0.25) is 0 Å². The van der Waals surface area contributed by atoms with Gasteiger partial charge in [0, 0.05) is 55.4 Å². The van der Waals surface area contributed by atoms with Gasteiger partial charge in [-0.15, -0.1) is 0 Å². The van der Waals surface area contributed by atoms with E-state index in [4.69, 9.17) is 9.97 Å². The van der Waals surface area contributed by atoms with E-state index in [9.17, 15) is 0 Å². The Bertz CT molecular complexity index is 1420. The molecule has 2 aromatic carbocycles. The second-order valence-electron chi connectivity index (χ2n) is 9.27. The Balaban J connectivity index is 1.20. The molecule has 1 saturated heterocycles. The van der Waals surface area contributed by atoms with E-state index < -0.39 is 0 Å². The minimum atomic E-state index is 0.167. The van der Waals surface area contributed by atoms with Crippen LogP contribution in [0.15, 0.2) is 85.6 Å². The van der Waals surface area contributed by atoms with Crippen LogP contribution in [0, 0.1) is 6.92 Å². The lowest BCUT2D eigenvalue weighted by atomic mass is 9.97. The van der Waals surface area contributed by atoms with Crippen LogP contribution in [0.3, 0.4) is 0 Å². The summed E-state index contributed by atoms with van der Waals surface area (Å²) in [6.45, 7) is 6.30. The van der Waals surface area contributed by atoms with Gasteiger partial charge in [0.05, 0.1) is 31.2 Å². The fraction of sp³-hybridized carbons (Fsp3) is 0.250. The van der Waals surface area contributed by atoms with Crippen molar-refractivity contribution in [1.29, 1.82) is 0 Å². The molecule has 37 heavy (non-hydrogen) atoms. The Kier molecular flexibility index (Phi) is 6.43. The van der Waals surface area contributed by atoms with E-state index in [0.29, 0.717) is 6.54 Å². The van der Waals surface area contributed by atoms with Crippen molar-refractivity contribution in [2.75, 3.05) is 31.1 Å². The lowest BCUT2D eigenvalue weighted by Crippen LogP contribution is -2.48. The SMILES string of the molecule is Cc1[nH]ncc1C(c1ccccc1)N1CCN(c2nccnc2-c2ccc(Cn3nccn3)cc2)CC1. The normalized spacial score (nSPS) is 15.1. The summed E-state index contributed by atoms with van der Waals surface area (Å²) >= 11 is 0. The number of aromatic amines is 1. The van der Waals surface area contributed by atoms with Crippen molar-refractivity contribution in [3.63, 3.8) is 0 Å². The van der Waals surface area contributed by atoms with Crippen molar-refractivity contribution in [2.45, 2.75) is 19.5 Å². The minimum Gasteiger partial charge on any atom is -0.352 e. The van der Waals surface area contributed by atoms with Crippen LogP contribution >= 0.6 is 0 Å². The van der Waals surface area contributed by atoms with Crippen molar-refractivity contribution in [2.24, 2.45) is 0 Å². The molecular formula is C28H29N9. The predicted molar refractivity (Wildman–Crippen MR) is 142 cm³/mol. The second kappa shape index (κ2) is 10.3. The average Bonchev–Trinajstić information content (AvgIpc) is 3.62. The van der Waals surface area contributed by atoms with Crippen molar-refractivity contribution < 1.29 is 0 Å². The maximum atomic E-state index is 4.76. The third-order valence-electron chi connectivity index (χ3n) is 6.95. The standard InChI is InChI=1S/C28H29N9/c1-21-25(19-31-34-21)27(24-5-3-2-4-6-24)35-15-17-36(18-16-35)28-26(29-11-12-30-28)23-9-7-22(8-10-23)20-37-32-13-14-33-37/h2-14,19,27H,15-18,20H2,1H3,(H,31,34).